The molecule has 1 aromatic carbocycles. The molecule has 0 bridgehead atoms. The molecule has 1 aromatic heterocycles. The van der Waals surface area contributed by atoms with Crippen molar-refractivity contribution in [2.24, 2.45) is 5.73 Å². The van der Waals surface area contributed by atoms with Crippen molar-refractivity contribution in [1.29, 1.82) is 0 Å². The first kappa shape index (κ1) is 17.0. The Labute approximate surface area is 146 Å². The summed E-state index contributed by atoms with van der Waals surface area (Å²) in [5.41, 5.74) is 7.57. The van der Waals surface area contributed by atoms with Crippen molar-refractivity contribution in [2.45, 2.75) is 25.3 Å². The Morgan fingerprint density at radius 3 is 2.68 bits per heavy atom. The molecule has 6 nitrogen and oxygen atoms in total. The Morgan fingerprint density at radius 1 is 1.28 bits per heavy atom. The van der Waals surface area contributed by atoms with Crippen molar-refractivity contribution < 1.29 is 14.3 Å². The maximum absolute atomic E-state index is 12.6. The van der Waals surface area contributed by atoms with Gasteiger partial charge in [-0.2, -0.15) is 0 Å². The molecule has 2 aromatic rings. The van der Waals surface area contributed by atoms with Gasteiger partial charge in [0.05, 0.1) is 7.11 Å². The number of primary amides is 1. The van der Waals surface area contributed by atoms with Gasteiger partial charge in [-0.05, 0) is 42.7 Å². The minimum Gasteiger partial charge on any atom is -0.497 e. The van der Waals surface area contributed by atoms with Gasteiger partial charge >= 0.3 is 0 Å². The quantitative estimate of drug-likeness (QED) is 0.872. The second kappa shape index (κ2) is 6.93. The van der Waals surface area contributed by atoms with Gasteiger partial charge in [0.25, 0.3) is 5.91 Å². The molecule has 2 N–H and O–H groups in total. The van der Waals surface area contributed by atoms with E-state index in [9.17, 15) is 9.59 Å². The summed E-state index contributed by atoms with van der Waals surface area (Å²) < 4.78 is 5.23. The van der Waals surface area contributed by atoms with E-state index >= 15 is 0 Å². The van der Waals surface area contributed by atoms with E-state index in [4.69, 9.17) is 10.5 Å². The highest BCUT2D eigenvalue weighted by Gasteiger charge is 2.31. The fourth-order valence-corrected chi connectivity index (χ4v) is 2.73. The summed E-state index contributed by atoms with van der Waals surface area (Å²) in [5.74, 6) is -0.0109. The first-order valence-corrected chi connectivity index (χ1v) is 8.19. The molecule has 0 saturated heterocycles. The van der Waals surface area contributed by atoms with Crippen LogP contribution in [-0.4, -0.2) is 41.9 Å². The molecular formula is C19H21N3O3. The van der Waals surface area contributed by atoms with Crippen molar-refractivity contribution in [3.8, 4) is 5.75 Å². The van der Waals surface area contributed by atoms with Crippen molar-refractivity contribution >= 4 is 11.8 Å². The molecule has 130 valence electrons. The molecule has 0 radical (unpaired) electrons. The van der Waals surface area contributed by atoms with Crippen molar-refractivity contribution in [2.75, 3.05) is 14.2 Å². The molecule has 2 amide bonds. The van der Waals surface area contributed by atoms with Crippen LogP contribution in [-0.2, 0) is 6.42 Å². The molecule has 0 atom stereocenters. The van der Waals surface area contributed by atoms with E-state index in [1.165, 1.54) is 6.07 Å². The number of rotatable bonds is 6. The average molecular weight is 339 g/mol. The molecule has 0 spiro atoms. The van der Waals surface area contributed by atoms with Gasteiger partial charge in [0.2, 0.25) is 5.91 Å². The van der Waals surface area contributed by atoms with Gasteiger partial charge < -0.3 is 15.4 Å². The van der Waals surface area contributed by atoms with Gasteiger partial charge in [-0.1, -0.05) is 12.1 Å². The predicted molar refractivity (Wildman–Crippen MR) is 93.7 cm³/mol. The zero-order chi connectivity index (χ0) is 18.0. The van der Waals surface area contributed by atoms with E-state index in [0.717, 1.165) is 24.2 Å². The van der Waals surface area contributed by atoms with E-state index in [1.807, 2.05) is 24.3 Å². The topological polar surface area (TPSA) is 85.5 Å². The number of nitrogens with zero attached hydrogens (tertiary/aromatic N) is 2. The van der Waals surface area contributed by atoms with E-state index in [2.05, 4.69) is 4.98 Å². The normalized spacial score (nSPS) is 13.4. The lowest BCUT2D eigenvalue weighted by Crippen LogP contribution is -2.30. The lowest BCUT2D eigenvalue weighted by atomic mass is 10.1. The lowest BCUT2D eigenvalue weighted by molar-refractivity contribution is 0.0779. The third-order valence-corrected chi connectivity index (χ3v) is 4.32. The summed E-state index contributed by atoms with van der Waals surface area (Å²) in [6.07, 6.45) is 2.49. The van der Waals surface area contributed by atoms with Gasteiger partial charge in [-0.15, -0.1) is 0 Å². The summed E-state index contributed by atoms with van der Waals surface area (Å²) in [6, 6.07) is 11.0. The zero-order valence-electron chi connectivity index (χ0n) is 14.4. The van der Waals surface area contributed by atoms with Crippen molar-refractivity contribution in [1.82, 2.24) is 9.88 Å². The number of benzene rings is 1. The summed E-state index contributed by atoms with van der Waals surface area (Å²) in [7, 11) is 3.37. The Balaban J connectivity index is 1.92. The molecule has 1 saturated carbocycles. The van der Waals surface area contributed by atoms with Crippen LogP contribution >= 0.6 is 0 Å². The Hall–Kier alpha value is -2.89. The van der Waals surface area contributed by atoms with E-state index in [1.54, 1.807) is 25.1 Å². The van der Waals surface area contributed by atoms with E-state index in [0.29, 0.717) is 17.7 Å². The third-order valence-electron chi connectivity index (χ3n) is 4.32. The molecule has 0 unspecified atom stereocenters. The van der Waals surface area contributed by atoms with E-state index < -0.39 is 5.91 Å². The van der Waals surface area contributed by atoms with Crippen LogP contribution in [0, 0.1) is 0 Å². The molecule has 0 aliphatic heterocycles. The summed E-state index contributed by atoms with van der Waals surface area (Å²) in [5, 5.41) is 0. The second-order valence-corrected chi connectivity index (χ2v) is 6.27. The van der Waals surface area contributed by atoms with Crippen LogP contribution < -0.4 is 10.5 Å². The molecular weight excluding hydrogens is 318 g/mol. The largest absolute Gasteiger partial charge is 0.497 e. The number of hydrogen-bond acceptors (Lipinski definition) is 4. The van der Waals surface area contributed by atoms with Crippen molar-refractivity contribution in [3.63, 3.8) is 0 Å². The molecule has 1 heterocycles. The number of pyridine rings is 1. The number of carbonyl (C=O) groups is 2. The first-order valence-electron chi connectivity index (χ1n) is 8.19. The fraction of sp³-hybridized carbons (Fsp3) is 0.316. The second-order valence-electron chi connectivity index (χ2n) is 6.27. The number of methoxy groups -OCH3 is 1. The summed E-state index contributed by atoms with van der Waals surface area (Å²) in [6.45, 7) is 0. The highest BCUT2D eigenvalue weighted by Crippen LogP contribution is 2.26. The zero-order valence-corrected chi connectivity index (χ0v) is 14.4. The maximum atomic E-state index is 12.6. The van der Waals surface area contributed by atoms with Crippen LogP contribution in [0.1, 0.15) is 44.9 Å². The Bertz CT molecular complexity index is 815. The van der Waals surface area contributed by atoms with Crippen LogP contribution in [0.3, 0.4) is 0 Å². The number of nitrogens with two attached hydrogens (primary N) is 1. The SMILES string of the molecule is COc1cccc(Cc2cc(C(N)=O)cc(C(=O)N(C)C3CC3)n2)c1. The third kappa shape index (κ3) is 3.96. The molecule has 25 heavy (non-hydrogen) atoms. The number of hydrogen-bond donors (Lipinski definition) is 1. The summed E-state index contributed by atoms with van der Waals surface area (Å²) >= 11 is 0. The number of ether oxygens (including phenoxy) is 1. The van der Waals surface area contributed by atoms with Crippen molar-refractivity contribution in [3.05, 3.63) is 58.9 Å². The number of aromatic nitrogens is 1. The minimum absolute atomic E-state index is 0.183. The number of amides is 2. The Kier molecular flexibility index (Phi) is 4.70. The smallest absolute Gasteiger partial charge is 0.272 e. The minimum atomic E-state index is -0.572. The van der Waals surface area contributed by atoms with Crippen LogP contribution in [0.25, 0.3) is 0 Å². The maximum Gasteiger partial charge on any atom is 0.272 e. The first-order chi connectivity index (χ1) is 12.0. The lowest BCUT2D eigenvalue weighted by Gasteiger charge is -2.16. The monoisotopic (exact) mass is 339 g/mol. The molecule has 6 heteroatoms. The van der Waals surface area contributed by atoms with Gasteiger partial charge in [0, 0.05) is 30.8 Å². The Morgan fingerprint density at radius 2 is 2.04 bits per heavy atom. The van der Waals surface area contributed by atoms with Gasteiger partial charge in [-0.25, -0.2) is 4.98 Å². The molecule has 1 aliphatic rings. The summed E-state index contributed by atoms with van der Waals surface area (Å²) in [4.78, 5) is 30.4. The van der Waals surface area contributed by atoms with E-state index in [-0.39, 0.29) is 17.6 Å². The van der Waals surface area contributed by atoms with Gasteiger partial charge in [-0.3, -0.25) is 9.59 Å². The predicted octanol–water partition coefficient (Wildman–Crippen LogP) is 2.01. The fourth-order valence-electron chi connectivity index (χ4n) is 2.73. The van der Waals surface area contributed by atoms with Crippen LogP contribution in [0.2, 0.25) is 0 Å². The van der Waals surface area contributed by atoms with Gasteiger partial charge in [0.1, 0.15) is 11.4 Å². The van der Waals surface area contributed by atoms with Crippen LogP contribution in [0.15, 0.2) is 36.4 Å². The van der Waals surface area contributed by atoms with Gasteiger partial charge in [0.15, 0.2) is 0 Å². The molecule has 3 rings (SSSR count). The number of carbonyl (C=O) groups excluding carboxylic acids is 2. The molecule has 1 fully saturated rings. The molecule has 1 aliphatic carbocycles. The highest BCUT2D eigenvalue weighted by molar-refractivity contribution is 5.98. The average Bonchev–Trinajstić information content (AvgIpc) is 3.45. The highest BCUT2D eigenvalue weighted by atomic mass is 16.5. The van der Waals surface area contributed by atoms with Crippen LogP contribution in [0.4, 0.5) is 0 Å². The van der Waals surface area contributed by atoms with Crippen LogP contribution in [0.5, 0.6) is 5.75 Å². The standard InChI is InChI=1S/C19H21N3O3/c1-22(15-6-7-15)19(24)17-11-13(18(20)23)10-14(21-17)8-12-4-3-5-16(9-12)25-2/h3-5,9-11,15H,6-8H2,1-2H3,(H2,20,23).